The van der Waals surface area contributed by atoms with Crippen LogP contribution in [0.15, 0.2) is 66.6 Å². The second-order valence-electron chi connectivity index (χ2n) is 6.10. The van der Waals surface area contributed by atoms with Crippen LogP contribution in [-0.4, -0.2) is 25.7 Å². The first-order valence-corrected chi connectivity index (χ1v) is 9.32. The van der Waals surface area contributed by atoms with E-state index < -0.39 is 0 Å². The number of aromatic nitrogens is 4. The maximum atomic E-state index is 12.5. The molecule has 2 heterocycles. The number of aryl methyl sites for hydroxylation is 1. The lowest BCUT2D eigenvalue weighted by molar-refractivity contribution is -0.115. The Kier molecular flexibility index (Phi) is 4.76. The number of nitrogens with one attached hydrogen (secondary N) is 1. The molecule has 0 bridgehead atoms. The maximum Gasteiger partial charge on any atom is 0.230 e. The van der Waals surface area contributed by atoms with Crippen LogP contribution in [0.1, 0.15) is 11.3 Å². The second-order valence-corrected chi connectivity index (χ2v) is 6.95. The van der Waals surface area contributed by atoms with Gasteiger partial charge in [-0.2, -0.15) is 5.10 Å². The molecular weight excluding hydrogens is 358 g/mol. The molecule has 0 saturated carbocycles. The van der Waals surface area contributed by atoms with E-state index in [0.29, 0.717) is 5.69 Å². The molecule has 6 nitrogen and oxygen atoms in total. The van der Waals surface area contributed by atoms with Crippen LogP contribution >= 0.6 is 11.3 Å². The summed E-state index contributed by atoms with van der Waals surface area (Å²) >= 11 is 1.55. The van der Waals surface area contributed by atoms with E-state index in [4.69, 9.17) is 0 Å². The first-order chi connectivity index (χ1) is 13.2. The molecular formula is C20H17N5OS. The summed E-state index contributed by atoms with van der Waals surface area (Å²) in [6.07, 6.45) is 3.27. The lowest BCUT2D eigenvalue weighted by atomic mass is 10.1. The van der Waals surface area contributed by atoms with Gasteiger partial charge in [0.2, 0.25) is 5.91 Å². The highest BCUT2D eigenvalue weighted by Gasteiger charge is 2.12. The Labute approximate surface area is 160 Å². The summed E-state index contributed by atoms with van der Waals surface area (Å²) in [6.45, 7) is 2.05. The smallest absolute Gasteiger partial charge is 0.230 e. The van der Waals surface area contributed by atoms with Gasteiger partial charge in [0.25, 0.3) is 0 Å². The average molecular weight is 375 g/mol. The molecule has 2 aromatic carbocycles. The van der Waals surface area contributed by atoms with Gasteiger partial charge in [0.15, 0.2) is 0 Å². The number of rotatable bonds is 5. The fourth-order valence-corrected chi connectivity index (χ4v) is 3.59. The number of thiazole rings is 1. The van der Waals surface area contributed by atoms with Crippen LogP contribution < -0.4 is 5.32 Å². The molecule has 27 heavy (non-hydrogen) atoms. The van der Waals surface area contributed by atoms with Gasteiger partial charge < -0.3 is 5.32 Å². The van der Waals surface area contributed by atoms with Crippen molar-refractivity contribution in [2.45, 2.75) is 13.3 Å². The van der Waals surface area contributed by atoms with Crippen molar-refractivity contribution in [3.05, 3.63) is 77.8 Å². The van der Waals surface area contributed by atoms with Gasteiger partial charge in [0.1, 0.15) is 17.7 Å². The van der Waals surface area contributed by atoms with Crippen LogP contribution in [0, 0.1) is 6.92 Å². The second kappa shape index (κ2) is 7.51. The topological polar surface area (TPSA) is 72.7 Å². The van der Waals surface area contributed by atoms with E-state index in [1.807, 2.05) is 41.8 Å². The lowest BCUT2D eigenvalue weighted by Crippen LogP contribution is -2.16. The molecule has 0 unspecified atom stereocenters. The summed E-state index contributed by atoms with van der Waals surface area (Å²) in [5.41, 5.74) is 4.46. The summed E-state index contributed by atoms with van der Waals surface area (Å²) in [5, 5.41) is 9.92. The maximum absolute atomic E-state index is 12.5. The summed E-state index contributed by atoms with van der Waals surface area (Å²) < 4.78 is 1.62. The van der Waals surface area contributed by atoms with E-state index in [0.717, 1.165) is 22.0 Å². The Morgan fingerprint density at radius 2 is 2.07 bits per heavy atom. The molecule has 134 valence electrons. The molecule has 4 aromatic rings. The number of carbonyl (C=O) groups is 1. The van der Waals surface area contributed by atoms with Crippen molar-refractivity contribution in [1.82, 2.24) is 19.7 Å². The van der Waals surface area contributed by atoms with Gasteiger partial charge in [-0.25, -0.2) is 14.6 Å². The van der Waals surface area contributed by atoms with E-state index in [-0.39, 0.29) is 12.3 Å². The van der Waals surface area contributed by atoms with Crippen molar-refractivity contribution in [2.24, 2.45) is 0 Å². The van der Waals surface area contributed by atoms with Crippen LogP contribution in [0.2, 0.25) is 0 Å². The fraction of sp³-hybridized carbons (Fsp3) is 0.100. The van der Waals surface area contributed by atoms with Crippen LogP contribution in [0.5, 0.6) is 0 Å². The first-order valence-electron chi connectivity index (χ1n) is 8.44. The third-order valence-corrected chi connectivity index (χ3v) is 4.94. The van der Waals surface area contributed by atoms with E-state index in [2.05, 4.69) is 39.4 Å². The van der Waals surface area contributed by atoms with Gasteiger partial charge in [-0.05, 0) is 25.1 Å². The normalized spacial score (nSPS) is 10.7. The number of carbonyl (C=O) groups excluding carboxylic acids is 1. The van der Waals surface area contributed by atoms with Gasteiger partial charge in [0.05, 0.1) is 23.5 Å². The lowest BCUT2D eigenvalue weighted by Gasteiger charge is -2.10. The minimum Gasteiger partial charge on any atom is -0.324 e. The van der Waals surface area contributed by atoms with Crippen LogP contribution in [0.25, 0.3) is 16.3 Å². The summed E-state index contributed by atoms with van der Waals surface area (Å²) in [4.78, 5) is 21.1. The zero-order valence-electron chi connectivity index (χ0n) is 14.7. The number of para-hydroxylation sites is 2. The largest absolute Gasteiger partial charge is 0.324 e. The van der Waals surface area contributed by atoms with E-state index in [9.17, 15) is 4.79 Å². The quantitative estimate of drug-likeness (QED) is 0.574. The number of benzene rings is 2. The Morgan fingerprint density at radius 3 is 2.89 bits per heavy atom. The van der Waals surface area contributed by atoms with Crippen molar-refractivity contribution < 1.29 is 4.79 Å². The SMILES string of the molecule is Cc1cccc(-c2nc(CC(=O)Nc3ccccc3-n3cncn3)cs2)c1. The third kappa shape index (κ3) is 3.93. The predicted octanol–water partition coefficient (Wildman–Crippen LogP) is 3.88. The Morgan fingerprint density at radius 1 is 1.19 bits per heavy atom. The highest BCUT2D eigenvalue weighted by atomic mass is 32.1. The molecule has 1 amide bonds. The van der Waals surface area contributed by atoms with Crippen LogP contribution in [-0.2, 0) is 11.2 Å². The third-order valence-electron chi connectivity index (χ3n) is 4.00. The van der Waals surface area contributed by atoms with Gasteiger partial charge in [-0.3, -0.25) is 4.79 Å². The van der Waals surface area contributed by atoms with E-state index >= 15 is 0 Å². The standard InChI is InChI=1S/C20H17N5OS/c1-14-5-4-6-15(9-14)20-23-16(11-27-20)10-19(26)24-17-7-2-3-8-18(17)25-13-21-12-22-25/h2-9,11-13H,10H2,1H3,(H,24,26). The van der Waals surface area contributed by atoms with Gasteiger partial charge in [-0.15, -0.1) is 11.3 Å². The molecule has 2 aromatic heterocycles. The van der Waals surface area contributed by atoms with Crippen molar-refractivity contribution in [3.8, 4) is 16.3 Å². The summed E-state index contributed by atoms with van der Waals surface area (Å²) in [5.74, 6) is -0.122. The summed E-state index contributed by atoms with van der Waals surface area (Å²) in [6, 6.07) is 15.7. The van der Waals surface area contributed by atoms with Gasteiger partial charge >= 0.3 is 0 Å². The zero-order chi connectivity index (χ0) is 18.6. The molecule has 0 aliphatic carbocycles. The Bertz CT molecular complexity index is 1070. The number of hydrogen-bond donors (Lipinski definition) is 1. The molecule has 1 N–H and O–H groups in total. The van der Waals surface area contributed by atoms with Gasteiger partial charge in [-0.1, -0.05) is 35.9 Å². The molecule has 0 spiro atoms. The van der Waals surface area contributed by atoms with Crippen molar-refractivity contribution in [1.29, 1.82) is 0 Å². The van der Waals surface area contributed by atoms with Crippen molar-refractivity contribution >= 4 is 22.9 Å². The fourth-order valence-electron chi connectivity index (χ4n) is 2.77. The molecule has 4 rings (SSSR count). The highest BCUT2D eigenvalue weighted by Crippen LogP contribution is 2.25. The minimum absolute atomic E-state index is 0.122. The molecule has 0 fully saturated rings. The number of hydrogen-bond acceptors (Lipinski definition) is 5. The average Bonchev–Trinajstić information content (AvgIpc) is 3.34. The molecule has 0 saturated heterocycles. The zero-order valence-corrected chi connectivity index (χ0v) is 15.5. The summed E-state index contributed by atoms with van der Waals surface area (Å²) in [7, 11) is 0. The minimum atomic E-state index is -0.122. The Hall–Kier alpha value is -3.32. The molecule has 0 aliphatic heterocycles. The predicted molar refractivity (Wildman–Crippen MR) is 106 cm³/mol. The van der Waals surface area contributed by atoms with E-state index in [1.165, 1.54) is 11.9 Å². The van der Waals surface area contributed by atoms with Crippen LogP contribution in [0.3, 0.4) is 0 Å². The van der Waals surface area contributed by atoms with Crippen molar-refractivity contribution in [2.75, 3.05) is 5.32 Å². The Balaban J connectivity index is 1.48. The number of anilines is 1. The van der Waals surface area contributed by atoms with E-state index in [1.54, 1.807) is 22.3 Å². The molecule has 7 heteroatoms. The molecule has 0 aliphatic rings. The monoisotopic (exact) mass is 375 g/mol. The number of nitrogens with zero attached hydrogens (tertiary/aromatic N) is 4. The first kappa shape index (κ1) is 17.1. The highest BCUT2D eigenvalue weighted by molar-refractivity contribution is 7.13. The van der Waals surface area contributed by atoms with Gasteiger partial charge in [0, 0.05) is 10.9 Å². The van der Waals surface area contributed by atoms with Crippen LogP contribution in [0.4, 0.5) is 5.69 Å². The van der Waals surface area contributed by atoms with Crippen molar-refractivity contribution in [3.63, 3.8) is 0 Å². The molecule has 0 radical (unpaired) electrons. The number of amides is 1. The molecule has 0 atom stereocenters.